The van der Waals surface area contributed by atoms with Gasteiger partial charge in [0.05, 0.1) is 29.8 Å². The predicted molar refractivity (Wildman–Crippen MR) is 197 cm³/mol. The molecule has 4 aromatic rings. The highest BCUT2D eigenvalue weighted by atomic mass is 19.4. The molecule has 0 aromatic heterocycles. The van der Waals surface area contributed by atoms with Gasteiger partial charge in [0, 0.05) is 12.1 Å². The van der Waals surface area contributed by atoms with Crippen molar-refractivity contribution in [2.24, 2.45) is 5.41 Å². The number of carboxylic acids is 1. The number of hydrogen-bond acceptors (Lipinski definition) is 4. The van der Waals surface area contributed by atoms with Crippen LogP contribution < -0.4 is 4.74 Å². The van der Waals surface area contributed by atoms with Crippen LogP contribution in [-0.2, 0) is 17.1 Å². The molecule has 4 aromatic carbocycles. The van der Waals surface area contributed by atoms with Crippen molar-refractivity contribution in [3.05, 3.63) is 117 Å². The van der Waals surface area contributed by atoms with Gasteiger partial charge in [-0.25, -0.2) is 9.59 Å². The van der Waals surface area contributed by atoms with Crippen LogP contribution in [0.3, 0.4) is 0 Å². The Morgan fingerprint density at radius 3 is 2.13 bits per heavy atom. The van der Waals surface area contributed by atoms with Crippen LogP contribution in [0.25, 0.3) is 27.8 Å². The van der Waals surface area contributed by atoms with Crippen LogP contribution in [0.1, 0.15) is 89.9 Å². The van der Waals surface area contributed by atoms with Crippen LogP contribution in [0.4, 0.5) is 31.1 Å². The maximum atomic E-state index is 13.7. The van der Waals surface area contributed by atoms with Crippen molar-refractivity contribution < 1.29 is 50.5 Å². The zero-order valence-electron chi connectivity index (χ0n) is 31.2. The monoisotopic (exact) mass is 765 g/mol. The number of carboxylic acid groups (broad SMARTS) is 1. The summed E-state index contributed by atoms with van der Waals surface area (Å²) in [5.74, 6) is -0.471. The molecule has 1 aliphatic carbocycles. The van der Waals surface area contributed by atoms with Gasteiger partial charge in [0.25, 0.3) is 0 Å². The summed E-state index contributed by atoms with van der Waals surface area (Å²) in [6.07, 6.45) is -10.4. The second-order valence-electron chi connectivity index (χ2n) is 15.1. The molecule has 1 amide bonds. The summed E-state index contributed by atoms with van der Waals surface area (Å²) in [4.78, 5) is 27.3. The van der Waals surface area contributed by atoms with E-state index in [0.29, 0.717) is 41.9 Å². The molecule has 290 valence electrons. The third-order valence-electron chi connectivity index (χ3n) is 10.8. The molecular weight excluding hydrogens is 724 g/mol. The van der Waals surface area contributed by atoms with Gasteiger partial charge < -0.3 is 14.6 Å². The molecule has 1 aliphatic heterocycles. The lowest BCUT2D eigenvalue weighted by atomic mass is 9.72. The van der Waals surface area contributed by atoms with Crippen LogP contribution in [-0.4, -0.2) is 41.8 Å². The molecule has 0 radical (unpaired) electrons. The third-order valence-corrected chi connectivity index (χ3v) is 10.8. The summed E-state index contributed by atoms with van der Waals surface area (Å²) < 4.78 is 93.7. The number of aryl methyl sites for hydroxylation is 1. The molecule has 6 rings (SSSR count). The smallest absolute Gasteiger partial charge is 0.416 e. The minimum atomic E-state index is -5.05. The van der Waals surface area contributed by atoms with Crippen molar-refractivity contribution >= 4 is 17.6 Å². The number of aromatic carboxylic acids is 1. The van der Waals surface area contributed by atoms with Crippen LogP contribution in [0, 0.1) is 19.3 Å². The van der Waals surface area contributed by atoms with Gasteiger partial charge in [-0.2, -0.15) is 26.3 Å². The maximum Gasteiger partial charge on any atom is 0.416 e. The number of amides is 1. The van der Waals surface area contributed by atoms with Gasteiger partial charge in [0.15, 0.2) is 0 Å². The Labute approximate surface area is 315 Å². The summed E-state index contributed by atoms with van der Waals surface area (Å²) in [5.41, 5.74) is 3.54. The summed E-state index contributed by atoms with van der Waals surface area (Å²) in [7, 11) is 1.55. The van der Waals surface area contributed by atoms with Crippen LogP contribution in [0.5, 0.6) is 5.75 Å². The molecule has 1 fully saturated rings. The number of carbonyl (C=O) groups is 2. The number of hydrogen-bond donors (Lipinski definition) is 1. The standard InChI is InChI=1S/C43H41F6NO5/c1-23-16-33(24(2)37(36(23)39(51)52)26-10-8-7-9-11-26)27-12-13-35(54-6)34(19-27)32-14-15-41(4,5)21-29(32)22-50-25(3)38(55-40(50)53)28-17-30(42(44,45)46)20-31(18-28)43(47,48)49/h7-13,16-20,25,38H,14-15,21-22H2,1-6H3,(H,51,52)/t25-,38-/m1/s1. The van der Waals surface area contributed by atoms with E-state index in [-0.39, 0.29) is 23.6 Å². The predicted octanol–water partition coefficient (Wildman–Crippen LogP) is 11.9. The first kappa shape index (κ1) is 39.4. The Morgan fingerprint density at radius 2 is 1.55 bits per heavy atom. The summed E-state index contributed by atoms with van der Waals surface area (Å²) in [6, 6.07) is 17.3. The zero-order chi connectivity index (χ0) is 40.2. The molecule has 6 nitrogen and oxygen atoms in total. The molecule has 0 bridgehead atoms. The van der Waals surface area contributed by atoms with E-state index in [1.54, 1.807) is 21.0 Å². The lowest BCUT2D eigenvalue weighted by Gasteiger charge is -2.36. The fourth-order valence-corrected chi connectivity index (χ4v) is 7.97. The average molecular weight is 766 g/mol. The van der Waals surface area contributed by atoms with E-state index in [1.165, 1.54) is 4.90 Å². The van der Waals surface area contributed by atoms with E-state index in [9.17, 15) is 41.0 Å². The lowest BCUT2D eigenvalue weighted by Crippen LogP contribution is -2.35. The van der Waals surface area contributed by atoms with Gasteiger partial charge in [-0.05, 0) is 126 Å². The quantitative estimate of drug-likeness (QED) is 0.181. The largest absolute Gasteiger partial charge is 0.496 e. The van der Waals surface area contributed by atoms with Gasteiger partial charge in [0.1, 0.15) is 11.9 Å². The van der Waals surface area contributed by atoms with Gasteiger partial charge in [-0.15, -0.1) is 0 Å². The Kier molecular flexibility index (Phi) is 10.3. The van der Waals surface area contributed by atoms with Crippen molar-refractivity contribution in [1.29, 1.82) is 0 Å². The molecule has 0 unspecified atom stereocenters. The molecule has 1 heterocycles. The van der Waals surface area contributed by atoms with Gasteiger partial charge >= 0.3 is 24.4 Å². The van der Waals surface area contributed by atoms with Crippen molar-refractivity contribution in [3.63, 3.8) is 0 Å². The number of halogens is 6. The highest BCUT2D eigenvalue weighted by molar-refractivity contribution is 6.00. The number of carbonyl (C=O) groups excluding carboxylic acids is 1. The van der Waals surface area contributed by atoms with Crippen LogP contribution >= 0.6 is 0 Å². The first-order chi connectivity index (χ1) is 25.7. The van der Waals surface area contributed by atoms with Crippen molar-refractivity contribution in [3.8, 4) is 28.0 Å². The van der Waals surface area contributed by atoms with Crippen molar-refractivity contribution in [1.82, 2.24) is 4.90 Å². The number of alkyl halides is 6. The first-order valence-electron chi connectivity index (χ1n) is 17.8. The molecule has 0 saturated carbocycles. The van der Waals surface area contributed by atoms with Crippen molar-refractivity contribution in [2.75, 3.05) is 13.7 Å². The Bertz CT molecular complexity index is 2160. The normalized spacial score (nSPS) is 18.8. The molecule has 55 heavy (non-hydrogen) atoms. The Balaban J connectivity index is 1.44. The van der Waals surface area contributed by atoms with E-state index >= 15 is 0 Å². The fraction of sp³-hybridized carbons (Fsp3) is 0.349. The van der Waals surface area contributed by atoms with E-state index in [2.05, 4.69) is 13.8 Å². The van der Waals surface area contributed by atoms with Gasteiger partial charge in [-0.3, -0.25) is 4.90 Å². The minimum Gasteiger partial charge on any atom is -0.496 e. The van der Waals surface area contributed by atoms with E-state index in [4.69, 9.17) is 9.47 Å². The molecule has 2 aliphatic rings. The summed E-state index contributed by atoms with van der Waals surface area (Å²) in [6.45, 7) is 9.41. The SMILES string of the molecule is COc1ccc(-c2cc(C)c(C(=O)O)c(-c3ccccc3)c2C)cc1C1=C(CN2C(=O)O[C@@H](c3cc(C(F)(F)F)cc(C(F)(F)F)c3)[C@H]2C)CC(C)(C)CC1. The number of ether oxygens (including phenoxy) is 2. The third kappa shape index (κ3) is 7.81. The highest BCUT2D eigenvalue weighted by Crippen LogP contribution is 2.48. The second kappa shape index (κ2) is 14.4. The molecule has 0 spiro atoms. The Hall–Kier alpha value is -5.26. The number of nitrogens with zero attached hydrogens (tertiary/aromatic N) is 1. The number of benzene rings is 4. The fourth-order valence-electron chi connectivity index (χ4n) is 7.97. The van der Waals surface area contributed by atoms with E-state index in [1.807, 2.05) is 61.5 Å². The second-order valence-corrected chi connectivity index (χ2v) is 15.1. The number of rotatable bonds is 8. The van der Waals surface area contributed by atoms with Crippen LogP contribution in [0.15, 0.2) is 78.4 Å². The minimum absolute atomic E-state index is 0.0251. The summed E-state index contributed by atoms with van der Waals surface area (Å²) in [5, 5.41) is 10.2. The summed E-state index contributed by atoms with van der Waals surface area (Å²) >= 11 is 0. The van der Waals surface area contributed by atoms with E-state index < -0.39 is 53.3 Å². The molecular formula is C43H41F6NO5. The average Bonchev–Trinajstić information content (AvgIpc) is 3.39. The first-order valence-corrected chi connectivity index (χ1v) is 17.8. The van der Waals surface area contributed by atoms with Crippen molar-refractivity contribution in [2.45, 2.75) is 78.4 Å². The molecule has 1 N–H and O–H groups in total. The molecule has 2 atom stereocenters. The molecule has 1 saturated heterocycles. The zero-order valence-corrected chi connectivity index (χ0v) is 31.2. The molecule has 12 heteroatoms. The topological polar surface area (TPSA) is 76.1 Å². The van der Waals surface area contributed by atoms with Gasteiger partial charge in [0.2, 0.25) is 0 Å². The number of methoxy groups -OCH3 is 1. The number of cyclic esters (lactones) is 1. The Morgan fingerprint density at radius 1 is 0.909 bits per heavy atom. The highest BCUT2D eigenvalue weighted by Gasteiger charge is 2.44. The lowest BCUT2D eigenvalue weighted by molar-refractivity contribution is -0.143. The van der Waals surface area contributed by atoms with Crippen LogP contribution in [0.2, 0.25) is 0 Å². The van der Waals surface area contributed by atoms with E-state index in [0.717, 1.165) is 45.4 Å². The number of allylic oxidation sites excluding steroid dienone is 1. The van der Waals surface area contributed by atoms with Gasteiger partial charge in [-0.1, -0.05) is 56.3 Å². The maximum absolute atomic E-state index is 13.7.